The van der Waals surface area contributed by atoms with Gasteiger partial charge < -0.3 is 9.47 Å². The molecule has 1 aliphatic rings. The van der Waals surface area contributed by atoms with E-state index in [1.54, 1.807) is 42.0 Å². The molecule has 6 nitrogen and oxygen atoms in total. The number of benzene rings is 2. The van der Waals surface area contributed by atoms with Crippen LogP contribution in [-0.4, -0.2) is 39.7 Å². The molecule has 34 heavy (non-hydrogen) atoms. The van der Waals surface area contributed by atoms with Gasteiger partial charge in [0.15, 0.2) is 14.8 Å². The van der Waals surface area contributed by atoms with Gasteiger partial charge in [0.05, 0.1) is 24.6 Å². The van der Waals surface area contributed by atoms with Gasteiger partial charge in [-0.3, -0.25) is 13.9 Å². The minimum atomic E-state index is -0.380. The lowest BCUT2D eigenvalue weighted by atomic mass is 10.3. The largest absolute Gasteiger partial charge is 0.495 e. The van der Waals surface area contributed by atoms with Crippen LogP contribution in [0.1, 0.15) is 12.8 Å². The summed E-state index contributed by atoms with van der Waals surface area (Å²) in [4.78, 5) is 18.6. The van der Waals surface area contributed by atoms with Crippen LogP contribution in [0.2, 0.25) is 5.02 Å². The number of fused-ring (bicyclic) bond motifs is 1. The van der Waals surface area contributed by atoms with Gasteiger partial charge in [0, 0.05) is 17.4 Å². The molecule has 0 radical (unpaired) electrons. The van der Waals surface area contributed by atoms with Crippen molar-refractivity contribution in [1.82, 2.24) is 14.1 Å². The molecular formula is C23H19ClFN3O3S3. The highest BCUT2D eigenvalue weighted by molar-refractivity contribution is 7.99. The van der Waals surface area contributed by atoms with Crippen molar-refractivity contribution in [3.05, 3.63) is 67.6 Å². The van der Waals surface area contributed by atoms with E-state index in [1.165, 1.54) is 28.5 Å². The molecule has 1 aliphatic heterocycles. The van der Waals surface area contributed by atoms with Crippen LogP contribution in [0.25, 0.3) is 21.7 Å². The number of aromatic nitrogens is 3. The Morgan fingerprint density at radius 1 is 1.29 bits per heavy atom. The van der Waals surface area contributed by atoms with Crippen LogP contribution in [0.5, 0.6) is 5.75 Å². The second-order valence-electron chi connectivity index (χ2n) is 7.63. The molecule has 0 amide bonds. The van der Waals surface area contributed by atoms with Crippen molar-refractivity contribution >= 4 is 57.3 Å². The number of methoxy groups -OCH3 is 1. The predicted octanol–water partition coefficient (Wildman–Crippen LogP) is 6.04. The molecule has 2 aromatic carbocycles. The highest BCUT2D eigenvalue weighted by Crippen LogP contribution is 2.33. The Morgan fingerprint density at radius 2 is 2.09 bits per heavy atom. The third-order valence-corrected chi connectivity index (χ3v) is 8.12. The van der Waals surface area contributed by atoms with E-state index in [-0.39, 0.29) is 17.5 Å². The van der Waals surface area contributed by atoms with E-state index in [0.717, 1.165) is 30.8 Å². The van der Waals surface area contributed by atoms with E-state index in [9.17, 15) is 9.18 Å². The summed E-state index contributed by atoms with van der Waals surface area (Å²) in [6.07, 6.45) is 2.07. The van der Waals surface area contributed by atoms with Crippen molar-refractivity contribution in [3.8, 4) is 17.1 Å². The molecule has 1 fully saturated rings. The fourth-order valence-electron chi connectivity index (χ4n) is 3.84. The highest BCUT2D eigenvalue weighted by atomic mass is 35.5. The fraction of sp³-hybridized carbons (Fsp3) is 0.261. The molecular weight excluding hydrogens is 517 g/mol. The molecule has 3 heterocycles. The third-order valence-electron chi connectivity index (χ3n) is 5.47. The first kappa shape index (κ1) is 23.5. The monoisotopic (exact) mass is 535 g/mol. The molecule has 1 atom stereocenters. The van der Waals surface area contributed by atoms with Crippen LogP contribution in [0.3, 0.4) is 0 Å². The van der Waals surface area contributed by atoms with Gasteiger partial charge in [-0.05, 0) is 67.5 Å². The summed E-state index contributed by atoms with van der Waals surface area (Å²) in [6, 6.07) is 11.0. The lowest BCUT2D eigenvalue weighted by Gasteiger charge is -2.15. The number of thiazole rings is 1. The van der Waals surface area contributed by atoms with E-state index in [0.29, 0.717) is 47.4 Å². The number of hydrogen-bond donors (Lipinski definition) is 0. The SMILES string of the molecule is COc1ccc(Cl)cc1-n1c(=S)sc2c(=O)n(-c3ccc(F)cc3)c(SC[C@H]3CCCO3)nc21. The smallest absolute Gasteiger partial charge is 0.278 e. The lowest BCUT2D eigenvalue weighted by Crippen LogP contribution is -2.22. The fourth-order valence-corrected chi connectivity index (χ4v) is 6.37. The molecule has 5 rings (SSSR count). The first-order chi connectivity index (χ1) is 16.5. The summed E-state index contributed by atoms with van der Waals surface area (Å²) in [5, 5.41) is 0.979. The van der Waals surface area contributed by atoms with Crippen molar-refractivity contribution in [2.24, 2.45) is 0 Å². The van der Waals surface area contributed by atoms with E-state index in [2.05, 4.69) is 0 Å². The van der Waals surface area contributed by atoms with Crippen molar-refractivity contribution in [1.29, 1.82) is 0 Å². The lowest BCUT2D eigenvalue weighted by molar-refractivity contribution is 0.129. The molecule has 0 bridgehead atoms. The zero-order valence-corrected chi connectivity index (χ0v) is 21.2. The van der Waals surface area contributed by atoms with E-state index < -0.39 is 0 Å². The summed E-state index contributed by atoms with van der Waals surface area (Å²) < 4.78 is 28.9. The predicted molar refractivity (Wildman–Crippen MR) is 137 cm³/mol. The Morgan fingerprint density at radius 3 is 2.79 bits per heavy atom. The Hall–Kier alpha value is -2.24. The normalized spacial score (nSPS) is 15.8. The van der Waals surface area contributed by atoms with Crippen molar-refractivity contribution in [3.63, 3.8) is 0 Å². The molecule has 4 aromatic rings. The van der Waals surface area contributed by atoms with Crippen LogP contribution in [-0.2, 0) is 4.74 Å². The van der Waals surface area contributed by atoms with Gasteiger partial charge in [0.2, 0.25) is 0 Å². The first-order valence-corrected chi connectivity index (χ1v) is 13.1. The molecule has 0 aliphatic carbocycles. The number of thioether (sulfide) groups is 1. The quantitative estimate of drug-likeness (QED) is 0.170. The molecule has 176 valence electrons. The van der Waals surface area contributed by atoms with E-state index >= 15 is 0 Å². The van der Waals surface area contributed by atoms with Gasteiger partial charge >= 0.3 is 0 Å². The van der Waals surface area contributed by atoms with Gasteiger partial charge in [0.1, 0.15) is 16.3 Å². The number of hydrogen-bond acceptors (Lipinski definition) is 7. The summed E-state index contributed by atoms with van der Waals surface area (Å²) in [6.45, 7) is 0.737. The summed E-state index contributed by atoms with van der Waals surface area (Å²) in [5.74, 6) is 0.817. The minimum Gasteiger partial charge on any atom is -0.495 e. The molecule has 1 saturated heterocycles. The van der Waals surface area contributed by atoms with E-state index in [4.69, 9.17) is 38.3 Å². The van der Waals surface area contributed by atoms with Crippen LogP contribution in [0, 0.1) is 9.77 Å². The van der Waals surface area contributed by atoms with Gasteiger partial charge in [-0.15, -0.1) is 0 Å². The average molecular weight is 536 g/mol. The van der Waals surface area contributed by atoms with Crippen LogP contribution in [0.15, 0.2) is 52.4 Å². The van der Waals surface area contributed by atoms with Crippen molar-refractivity contribution in [2.45, 2.75) is 24.1 Å². The van der Waals surface area contributed by atoms with Crippen LogP contribution >= 0.6 is 46.9 Å². The van der Waals surface area contributed by atoms with E-state index in [1.807, 2.05) is 0 Å². The van der Waals surface area contributed by atoms with Gasteiger partial charge in [0.25, 0.3) is 5.56 Å². The van der Waals surface area contributed by atoms with Gasteiger partial charge in [-0.1, -0.05) is 34.7 Å². The summed E-state index contributed by atoms with van der Waals surface area (Å²) in [5.41, 5.74) is 1.28. The molecule has 0 unspecified atom stereocenters. The Balaban J connectivity index is 1.74. The maximum Gasteiger partial charge on any atom is 0.278 e. The topological polar surface area (TPSA) is 58.3 Å². The average Bonchev–Trinajstić information content (AvgIpc) is 3.46. The third kappa shape index (κ3) is 4.40. The number of ether oxygens (including phenoxy) is 2. The maximum absolute atomic E-state index is 13.7. The minimum absolute atomic E-state index is 0.0939. The molecule has 0 saturated carbocycles. The second-order valence-corrected chi connectivity index (χ2v) is 10.7. The van der Waals surface area contributed by atoms with Crippen molar-refractivity contribution < 1.29 is 13.9 Å². The van der Waals surface area contributed by atoms with Crippen molar-refractivity contribution in [2.75, 3.05) is 19.5 Å². The Kier molecular flexibility index (Phi) is 6.76. The number of nitrogens with zero attached hydrogens (tertiary/aromatic N) is 3. The Bertz CT molecular complexity index is 1480. The number of rotatable bonds is 6. The Labute approximate surface area is 212 Å². The molecule has 0 spiro atoms. The van der Waals surface area contributed by atoms with Crippen LogP contribution < -0.4 is 10.3 Å². The summed E-state index contributed by atoms with van der Waals surface area (Å²) >= 11 is 14.5. The highest BCUT2D eigenvalue weighted by Gasteiger charge is 2.23. The summed E-state index contributed by atoms with van der Waals surface area (Å²) in [7, 11) is 1.56. The zero-order chi connectivity index (χ0) is 23.8. The molecule has 0 N–H and O–H groups in total. The molecule has 11 heteroatoms. The zero-order valence-electron chi connectivity index (χ0n) is 18.0. The standard InChI is InChI=1S/C23H19ClFN3O3S3/c1-30-18-9-4-13(24)11-17(18)28-20-19(34-23(28)32)21(29)27(15-7-5-14(25)6-8-15)22(26-20)33-12-16-3-2-10-31-16/h4-9,11,16H,2-3,10,12H2,1H3/t16-/m1/s1. The first-order valence-electron chi connectivity index (χ1n) is 10.5. The number of halogens is 2. The van der Waals surface area contributed by atoms with Gasteiger partial charge in [-0.25, -0.2) is 9.37 Å². The van der Waals surface area contributed by atoms with Crippen LogP contribution in [0.4, 0.5) is 4.39 Å². The second kappa shape index (κ2) is 9.79. The maximum atomic E-state index is 13.7. The molecule has 2 aromatic heterocycles. The van der Waals surface area contributed by atoms with Gasteiger partial charge in [-0.2, -0.15) is 0 Å².